The summed E-state index contributed by atoms with van der Waals surface area (Å²) in [6.45, 7) is 6.51. The highest BCUT2D eigenvalue weighted by Crippen LogP contribution is 2.29. The fourth-order valence-corrected chi connectivity index (χ4v) is 2.86. The monoisotopic (exact) mass is 310 g/mol. The first-order valence-electron chi connectivity index (χ1n) is 6.83. The maximum atomic E-state index is 10.9. The topological polar surface area (TPSA) is 107 Å². The molecule has 2 aromatic rings. The lowest BCUT2D eigenvalue weighted by Crippen LogP contribution is -2.16. The standard InChI is InChI=1S/C12H18N6O2S/c1-4-8(5-9(19)20)6-18-12(14-15-16-18)11-10(7(2)3)13-17-21-11/h7-8H,4-6H2,1-3H3,(H,19,20). The summed E-state index contributed by atoms with van der Waals surface area (Å²) in [5.74, 6) is 0.0226. The van der Waals surface area contributed by atoms with Gasteiger partial charge in [-0.15, -0.1) is 10.2 Å². The molecule has 1 N–H and O–H groups in total. The number of carboxylic acid groups (broad SMARTS) is 1. The van der Waals surface area contributed by atoms with Crippen LogP contribution >= 0.6 is 11.5 Å². The van der Waals surface area contributed by atoms with Crippen LogP contribution in [0.2, 0.25) is 0 Å². The van der Waals surface area contributed by atoms with Gasteiger partial charge in [0, 0.05) is 13.0 Å². The minimum atomic E-state index is -0.807. The molecular formula is C12H18N6O2S. The van der Waals surface area contributed by atoms with Gasteiger partial charge in [-0.05, 0) is 33.8 Å². The van der Waals surface area contributed by atoms with Crippen LogP contribution < -0.4 is 0 Å². The van der Waals surface area contributed by atoms with Crippen molar-refractivity contribution in [1.82, 2.24) is 29.8 Å². The highest BCUT2D eigenvalue weighted by Gasteiger charge is 2.21. The molecule has 0 saturated carbocycles. The molecule has 0 aliphatic rings. The van der Waals surface area contributed by atoms with Crippen LogP contribution in [0, 0.1) is 5.92 Å². The van der Waals surface area contributed by atoms with E-state index in [0.717, 1.165) is 17.0 Å². The predicted octanol–water partition coefficient (Wildman–Crippen LogP) is 1.82. The van der Waals surface area contributed by atoms with Gasteiger partial charge in [0.05, 0.1) is 5.69 Å². The van der Waals surface area contributed by atoms with Crippen molar-refractivity contribution in [2.24, 2.45) is 5.92 Å². The maximum absolute atomic E-state index is 10.9. The van der Waals surface area contributed by atoms with Crippen LogP contribution in [0.15, 0.2) is 0 Å². The van der Waals surface area contributed by atoms with Crippen molar-refractivity contribution in [3.05, 3.63) is 5.69 Å². The molecule has 114 valence electrons. The van der Waals surface area contributed by atoms with Crippen LogP contribution in [0.5, 0.6) is 0 Å². The Morgan fingerprint density at radius 2 is 2.14 bits per heavy atom. The van der Waals surface area contributed by atoms with Crippen molar-refractivity contribution < 1.29 is 9.90 Å². The van der Waals surface area contributed by atoms with Gasteiger partial charge in [0.15, 0.2) is 5.82 Å². The molecule has 2 aromatic heterocycles. The summed E-state index contributed by atoms with van der Waals surface area (Å²) in [5.41, 5.74) is 0.863. The Morgan fingerprint density at radius 1 is 1.38 bits per heavy atom. The van der Waals surface area contributed by atoms with Gasteiger partial charge in [-0.2, -0.15) is 0 Å². The SMILES string of the molecule is CCC(CC(=O)O)Cn1nnnc1-c1snnc1C(C)C. The van der Waals surface area contributed by atoms with E-state index in [1.54, 1.807) is 4.68 Å². The molecule has 0 fully saturated rings. The number of aliphatic carboxylic acids is 1. The Hall–Kier alpha value is -1.90. The van der Waals surface area contributed by atoms with E-state index in [0.29, 0.717) is 12.4 Å². The van der Waals surface area contributed by atoms with Gasteiger partial charge in [0.25, 0.3) is 0 Å². The number of tetrazole rings is 1. The first-order chi connectivity index (χ1) is 10.0. The molecular weight excluding hydrogens is 292 g/mol. The molecule has 21 heavy (non-hydrogen) atoms. The summed E-state index contributed by atoms with van der Waals surface area (Å²) in [6.07, 6.45) is 0.858. The van der Waals surface area contributed by atoms with Crippen LogP contribution in [0.4, 0.5) is 0 Å². The molecule has 0 bridgehead atoms. The average molecular weight is 310 g/mol. The van der Waals surface area contributed by atoms with E-state index >= 15 is 0 Å². The fourth-order valence-electron chi connectivity index (χ4n) is 2.05. The summed E-state index contributed by atoms with van der Waals surface area (Å²) in [7, 11) is 0. The van der Waals surface area contributed by atoms with E-state index in [4.69, 9.17) is 5.11 Å². The number of hydrogen-bond acceptors (Lipinski definition) is 7. The fraction of sp³-hybridized carbons (Fsp3) is 0.667. The summed E-state index contributed by atoms with van der Waals surface area (Å²) in [4.78, 5) is 11.7. The highest BCUT2D eigenvalue weighted by molar-refractivity contribution is 7.09. The zero-order valence-electron chi connectivity index (χ0n) is 12.2. The number of rotatable bonds is 7. The third kappa shape index (κ3) is 3.60. The van der Waals surface area contributed by atoms with E-state index < -0.39 is 5.97 Å². The van der Waals surface area contributed by atoms with Gasteiger partial charge in [0.2, 0.25) is 0 Å². The largest absolute Gasteiger partial charge is 0.481 e. The third-order valence-electron chi connectivity index (χ3n) is 3.27. The lowest BCUT2D eigenvalue weighted by Gasteiger charge is -2.13. The molecule has 0 spiro atoms. The summed E-state index contributed by atoms with van der Waals surface area (Å²) in [6, 6.07) is 0. The first kappa shape index (κ1) is 15.5. The van der Waals surface area contributed by atoms with Gasteiger partial charge in [0.1, 0.15) is 4.88 Å². The lowest BCUT2D eigenvalue weighted by molar-refractivity contribution is -0.138. The average Bonchev–Trinajstić information content (AvgIpc) is 3.04. The van der Waals surface area contributed by atoms with Crippen molar-refractivity contribution in [3.63, 3.8) is 0 Å². The molecule has 0 saturated heterocycles. The maximum Gasteiger partial charge on any atom is 0.303 e. The molecule has 8 nitrogen and oxygen atoms in total. The Bertz CT molecular complexity index is 608. The molecule has 2 rings (SSSR count). The third-order valence-corrected chi connectivity index (χ3v) is 4.00. The van der Waals surface area contributed by atoms with E-state index in [9.17, 15) is 4.79 Å². The molecule has 1 unspecified atom stereocenters. The van der Waals surface area contributed by atoms with Crippen LogP contribution in [0.3, 0.4) is 0 Å². The van der Waals surface area contributed by atoms with Crippen molar-refractivity contribution in [1.29, 1.82) is 0 Å². The van der Waals surface area contributed by atoms with E-state index in [-0.39, 0.29) is 18.3 Å². The van der Waals surface area contributed by atoms with Crippen molar-refractivity contribution >= 4 is 17.5 Å². The Morgan fingerprint density at radius 3 is 2.76 bits per heavy atom. The Balaban J connectivity index is 2.26. The second kappa shape index (κ2) is 6.70. The van der Waals surface area contributed by atoms with Gasteiger partial charge in [-0.25, -0.2) is 4.68 Å². The van der Waals surface area contributed by atoms with Gasteiger partial charge in [-0.1, -0.05) is 31.7 Å². The Kier molecular flexibility index (Phi) is 4.94. The highest BCUT2D eigenvalue weighted by atomic mass is 32.1. The van der Waals surface area contributed by atoms with Crippen molar-refractivity contribution in [2.75, 3.05) is 0 Å². The summed E-state index contributed by atoms with van der Waals surface area (Å²) in [5, 5.41) is 24.8. The zero-order chi connectivity index (χ0) is 15.4. The Labute approximate surface area is 126 Å². The second-order valence-electron chi connectivity index (χ2n) is 5.20. The van der Waals surface area contributed by atoms with Crippen LogP contribution in [-0.2, 0) is 11.3 Å². The minimum Gasteiger partial charge on any atom is -0.481 e. The molecule has 0 aromatic carbocycles. The number of hydrogen-bond donors (Lipinski definition) is 1. The van der Waals surface area contributed by atoms with Crippen molar-refractivity contribution in [3.8, 4) is 10.7 Å². The smallest absolute Gasteiger partial charge is 0.303 e. The van der Waals surface area contributed by atoms with E-state index in [2.05, 4.69) is 25.1 Å². The number of aromatic nitrogens is 6. The molecule has 9 heteroatoms. The van der Waals surface area contributed by atoms with E-state index in [1.165, 1.54) is 11.5 Å². The number of carbonyl (C=O) groups is 1. The van der Waals surface area contributed by atoms with E-state index in [1.807, 2.05) is 20.8 Å². The molecule has 1 atom stereocenters. The molecule has 0 radical (unpaired) electrons. The quantitative estimate of drug-likeness (QED) is 0.831. The number of carboxylic acids is 1. The second-order valence-corrected chi connectivity index (χ2v) is 5.95. The van der Waals surface area contributed by atoms with Gasteiger partial charge in [-0.3, -0.25) is 4.79 Å². The minimum absolute atomic E-state index is 0.00636. The van der Waals surface area contributed by atoms with Crippen LogP contribution in [-0.4, -0.2) is 40.9 Å². The normalized spacial score (nSPS) is 12.8. The number of nitrogens with zero attached hydrogens (tertiary/aromatic N) is 6. The zero-order valence-corrected chi connectivity index (χ0v) is 13.0. The molecule has 0 aliphatic heterocycles. The summed E-state index contributed by atoms with van der Waals surface area (Å²) < 4.78 is 5.63. The van der Waals surface area contributed by atoms with Crippen molar-refractivity contribution in [2.45, 2.75) is 46.1 Å². The molecule has 2 heterocycles. The van der Waals surface area contributed by atoms with Crippen LogP contribution in [0.1, 0.15) is 45.2 Å². The summed E-state index contributed by atoms with van der Waals surface area (Å²) >= 11 is 1.26. The first-order valence-corrected chi connectivity index (χ1v) is 7.60. The van der Waals surface area contributed by atoms with Gasteiger partial charge < -0.3 is 5.11 Å². The van der Waals surface area contributed by atoms with Crippen LogP contribution in [0.25, 0.3) is 10.7 Å². The molecule has 0 amide bonds. The predicted molar refractivity (Wildman–Crippen MR) is 76.8 cm³/mol. The van der Waals surface area contributed by atoms with Gasteiger partial charge >= 0.3 is 5.97 Å². The lowest BCUT2D eigenvalue weighted by atomic mass is 10.0. The molecule has 0 aliphatic carbocycles.